The summed E-state index contributed by atoms with van der Waals surface area (Å²) in [6, 6.07) is 22.5. The van der Waals surface area contributed by atoms with Gasteiger partial charge in [0.2, 0.25) is 5.91 Å². The number of carbonyl (C=O) groups excluding carboxylic acids is 1. The van der Waals surface area contributed by atoms with Crippen molar-refractivity contribution in [2.24, 2.45) is 0 Å². The molecule has 37 heavy (non-hydrogen) atoms. The van der Waals surface area contributed by atoms with E-state index in [-0.39, 0.29) is 18.6 Å². The Kier molecular flexibility index (Phi) is 9.24. The van der Waals surface area contributed by atoms with Crippen LogP contribution < -0.4 is 0 Å². The smallest absolute Gasteiger partial charge is 0.368 e. The van der Waals surface area contributed by atoms with Gasteiger partial charge in [0.05, 0.1) is 18.3 Å². The molecule has 0 radical (unpaired) electrons. The molecule has 0 bridgehead atoms. The van der Waals surface area contributed by atoms with E-state index in [4.69, 9.17) is 16.3 Å². The van der Waals surface area contributed by atoms with Crippen LogP contribution in [0.3, 0.4) is 0 Å². The fourth-order valence-electron chi connectivity index (χ4n) is 4.39. The van der Waals surface area contributed by atoms with Crippen LogP contribution in [0.2, 0.25) is 5.02 Å². The van der Waals surface area contributed by atoms with Crippen molar-refractivity contribution in [2.45, 2.75) is 31.7 Å². The Bertz CT molecular complexity index is 1130. The average Bonchev–Trinajstić information content (AvgIpc) is 2.91. The first-order chi connectivity index (χ1) is 17.8. The predicted octanol–water partition coefficient (Wildman–Crippen LogP) is 6.39. The Labute approximate surface area is 220 Å². The highest BCUT2D eigenvalue weighted by Gasteiger charge is 2.30. The highest BCUT2D eigenvalue weighted by atomic mass is 35.5. The third-order valence-corrected chi connectivity index (χ3v) is 6.85. The number of carbonyl (C=O) groups is 1. The Hall–Kier alpha value is -2.87. The van der Waals surface area contributed by atoms with Crippen LogP contribution in [0.5, 0.6) is 0 Å². The molecule has 1 fully saturated rings. The van der Waals surface area contributed by atoms with Crippen molar-refractivity contribution in [3.63, 3.8) is 0 Å². The number of alkyl halides is 3. The van der Waals surface area contributed by atoms with Crippen LogP contribution in [0.25, 0.3) is 0 Å². The Balaban J connectivity index is 1.32. The Morgan fingerprint density at radius 1 is 0.865 bits per heavy atom. The SMILES string of the molecule is O=C(CCc1ccccc1)N1CCN(CC(OCc2ccc(C(F)(F)F)cc2)c2ccc(Cl)cc2)CC1. The highest BCUT2D eigenvalue weighted by Crippen LogP contribution is 2.30. The summed E-state index contributed by atoms with van der Waals surface area (Å²) in [4.78, 5) is 16.9. The van der Waals surface area contributed by atoms with Crippen molar-refractivity contribution >= 4 is 17.5 Å². The van der Waals surface area contributed by atoms with Gasteiger partial charge in [0.1, 0.15) is 0 Å². The highest BCUT2D eigenvalue weighted by molar-refractivity contribution is 6.30. The molecular weight excluding hydrogens is 501 g/mol. The van der Waals surface area contributed by atoms with Gasteiger partial charge in [0.15, 0.2) is 0 Å². The van der Waals surface area contributed by atoms with Gasteiger partial charge in [0, 0.05) is 44.2 Å². The van der Waals surface area contributed by atoms with Gasteiger partial charge in [-0.2, -0.15) is 13.2 Å². The maximum Gasteiger partial charge on any atom is 0.416 e. The van der Waals surface area contributed by atoms with E-state index in [1.54, 1.807) is 12.1 Å². The number of piperazine rings is 1. The number of rotatable bonds is 9. The second kappa shape index (κ2) is 12.6. The molecular formula is C29H30ClF3N2O2. The molecule has 4 nitrogen and oxygen atoms in total. The molecule has 1 heterocycles. The summed E-state index contributed by atoms with van der Waals surface area (Å²) < 4.78 is 44.8. The molecule has 1 aliphatic heterocycles. The van der Waals surface area contributed by atoms with Gasteiger partial charge in [-0.15, -0.1) is 0 Å². The summed E-state index contributed by atoms with van der Waals surface area (Å²) in [5.41, 5.74) is 2.09. The lowest BCUT2D eigenvalue weighted by Crippen LogP contribution is -2.49. The van der Waals surface area contributed by atoms with Crippen molar-refractivity contribution in [3.05, 3.63) is 106 Å². The molecule has 1 atom stereocenters. The number of benzene rings is 3. The van der Waals surface area contributed by atoms with E-state index in [1.807, 2.05) is 47.4 Å². The first-order valence-electron chi connectivity index (χ1n) is 12.4. The monoisotopic (exact) mass is 530 g/mol. The number of ether oxygens (including phenoxy) is 1. The van der Waals surface area contributed by atoms with Crippen LogP contribution in [0, 0.1) is 0 Å². The molecule has 0 aromatic heterocycles. The second-order valence-electron chi connectivity index (χ2n) is 9.21. The van der Waals surface area contributed by atoms with Gasteiger partial charge < -0.3 is 9.64 Å². The molecule has 1 aliphatic rings. The number of nitrogens with zero attached hydrogens (tertiary/aromatic N) is 2. The molecule has 0 spiro atoms. The minimum absolute atomic E-state index is 0.163. The average molecular weight is 531 g/mol. The lowest BCUT2D eigenvalue weighted by Gasteiger charge is -2.36. The van der Waals surface area contributed by atoms with E-state index in [2.05, 4.69) is 4.90 Å². The molecule has 4 rings (SSSR count). The lowest BCUT2D eigenvalue weighted by molar-refractivity contribution is -0.137. The zero-order chi connectivity index (χ0) is 26.3. The van der Waals surface area contributed by atoms with Gasteiger partial charge >= 0.3 is 6.18 Å². The van der Waals surface area contributed by atoms with Crippen molar-refractivity contribution in [1.82, 2.24) is 9.80 Å². The van der Waals surface area contributed by atoms with E-state index in [1.165, 1.54) is 12.1 Å². The number of aryl methyl sites for hydroxylation is 1. The zero-order valence-corrected chi connectivity index (χ0v) is 21.2. The predicted molar refractivity (Wildman–Crippen MR) is 138 cm³/mol. The van der Waals surface area contributed by atoms with Crippen LogP contribution in [0.4, 0.5) is 13.2 Å². The Morgan fingerprint density at radius 3 is 2.14 bits per heavy atom. The Morgan fingerprint density at radius 2 is 1.51 bits per heavy atom. The summed E-state index contributed by atoms with van der Waals surface area (Å²) in [6.45, 7) is 3.55. The third-order valence-electron chi connectivity index (χ3n) is 6.59. The summed E-state index contributed by atoms with van der Waals surface area (Å²) in [7, 11) is 0. The molecule has 0 saturated carbocycles. The molecule has 0 N–H and O–H groups in total. The van der Waals surface area contributed by atoms with Crippen LogP contribution >= 0.6 is 11.6 Å². The van der Waals surface area contributed by atoms with Crippen LogP contribution in [-0.2, 0) is 28.7 Å². The van der Waals surface area contributed by atoms with Crippen molar-refractivity contribution in [2.75, 3.05) is 32.7 Å². The summed E-state index contributed by atoms with van der Waals surface area (Å²) in [5, 5.41) is 0.618. The van der Waals surface area contributed by atoms with E-state index >= 15 is 0 Å². The van der Waals surface area contributed by atoms with E-state index in [9.17, 15) is 18.0 Å². The zero-order valence-electron chi connectivity index (χ0n) is 20.5. The van der Waals surface area contributed by atoms with Gasteiger partial charge in [-0.05, 0) is 47.4 Å². The number of amides is 1. The molecule has 3 aromatic carbocycles. The fourth-order valence-corrected chi connectivity index (χ4v) is 4.51. The van der Waals surface area contributed by atoms with Gasteiger partial charge in [-0.3, -0.25) is 9.69 Å². The molecule has 196 valence electrons. The van der Waals surface area contributed by atoms with E-state index < -0.39 is 11.7 Å². The first-order valence-corrected chi connectivity index (χ1v) is 12.7. The third kappa shape index (κ3) is 8.06. The molecule has 1 amide bonds. The van der Waals surface area contributed by atoms with Gasteiger partial charge in [-0.1, -0.05) is 66.2 Å². The first kappa shape index (κ1) is 27.2. The minimum Gasteiger partial charge on any atom is -0.368 e. The van der Waals surface area contributed by atoms with Crippen molar-refractivity contribution < 1.29 is 22.7 Å². The molecule has 3 aromatic rings. The van der Waals surface area contributed by atoms with Crippen LogP contribution in [0.1, 0.15) is 34.8 Å². The quantitative estimate of drug-likeness (QED) is 0.321. The summed E-state index contributed by atoms with van der Waals surface area (Å²) in [5.74, 6) is 0.163. The van der Waals surface area contributed by atoms with Crippen molar-refractivity contribution in [1.29, 1.82) is 0 Å². The number of halogens is 4. The molecule has 1 saturated heterocycles. The van der Waals surface area contributed by atoms with Crippen LogP contribution in [-0.4, -0.2) is 48.4 Å². The normalized spacial score (nSPS) is 15.5. The molecule has 0 aliphatic carbocycles. The second-order valence-corrected chi connectivity index (χ2v) is 9.65. The van der Waals surface area contributed by atoms with Gasteiger partial charge in [0.25, 0.3) is 0 Å². The van der Waals surface area contributed by atoms with E-state index in [0.717, 1.165) is 42.8 Å². The number of hydrogen-bond donors (Lipinski definition) is 0. The van der Waals surface area contributed by atoms with Crippen molar-refractivity contribution in [3.8, 4) is 0 Å². The lowest BCUT2D eigenvalue weighted by atomic mass is 10.1. The summed E-state index contributed by atoms with van der Waals surface area (Å²) in [6.07, 6.45) is -3.43. The van der Waals surface area contributed by atoms with Gasteiger partial charge in [-0.25, -0.2) is 0 Å². The fraction of sp³-hybridized carbons (Fsp3) is 0.345. The largest absolute Gasteiger partial charge is 0.416 e. The summed E-state index contributed by atoms with van der Waals surface area (Å²) >= 11 is 6.06. The minimum atomic E-state index is -4.36. The standard InChI is InChI=1S/C29H30ClF3N2O2/c30-26-13-9-24(10-14-26)27(37-21-23-6-11-25(12-7-23)29(31,32)33)20-34-16-18-35(19-17-34)28(36)15-8-22-4-2-1-3-5-22/h1-7,9-14,27H,8,15-21H2. The topological polar surface area (TPSA) is 32.8 Å². The number of hydrogen-bond acceptors (Lipinski definition) is 3. The van der Waals surface area contributed by atoms with E-state index in [0.29, 0.717) is 36.6 Å². The van der Waals surface area contributed by atoms with Crippen LogP contribution in [0.15, 0.2) is 78.9 Å². The molecule has 1 unspecified atom stereocenters. The maximum absolute atomic E-state index is 12.9. The maximum atomic E-state index is 12.9. The molecule has 8 heteroatoms.